The van der Waals surface area contributed by atoms with Crippen molar-refractivity contribution in [1.82, 2.24) is 5.32 Å². The molecule has 0 saturated heterocycles. The van der Waals surface area contributed by atoms with Gasteiger partial charge >= 0.3 is 0 Å². The second-order valence-corrected chi connectivity index (χ2v) is 2.64. The van der Waals surface area contributed by atoms with Crippen LogP contribution in [0, 0.1) is 5.82 Å². The van der Waals surface area contributed by atoms with Gasteiger partial charge in [-0.15, -0.1) is 0 Å². The van der Waals surface area contributed by atoms with E-state index >= 15 is 0 Å². The highest BCUT2D eigenvalue weighted by atomic mass is 19.1. The van der Waals surface area contributed by atoms with Crippen LogP contribution in [0.1, 0.15) is 11.6 Å². The van der Waals surface area contributed by atoms with Gasteiger partial charge in [-0.05, 0) is 17.7 Å². The van der Waals surface area contributed by atoms with E-state index in [1.807, 2.05) is 0 Å². The number of carbonyl (C=O) groups excluding carboxylic acids is 1. The molecule has 0 fully saturated rings. The van der Waals surface area contributed by atoms with Crippen LogP contribution in [-0.4, -0.2) is 13.0 Å². The fourth-order valence-corrected chi connectivity index (χ4v) is 0.977. The Morgan fingerprint density at radius 2 is 2.00 bits per heavy atom. The molecule has 1 rings (SSSR count). The number of rotatable bonds is 2. The van der Waals surface area contributed by atoms with Crippen molar-refractivity contribution in [2.75, 3.05) is 7.05 Å². The quantitative estimate of drug-likeness (QED) is 0.702. The molecule has 1 aromatic rings. The van der Waals surface area contributed by atoms with Gasteiger partial charge in [-0.3, -0.25) is 4.79 Å². The first-order valence-corrected chi connectivity index (χ1v) is 3.88. The zero-order valence-electron chi connectivity index (χ0n) is 7.25. The van der Waals surface area contributed by atoms with Gasteiger partial charge in [-0.1, -0.05) is 12.1 Å². The Labute approximate surface area is 75.7 Å². The minimum absolute atomic E-state index is 0.286. The van der Waals surface area contributed by atoms with E-state index in [0.717, 1.165) is 0 Å². The number of nitrogens with two attached hydrogens (primary N) is 1. The minimum atomic E-state index is -0.731. The number of likely N-dealkylation sites (N-methyl/N-ethyl adjacent to an activating group) is 1. The number of nitrogens with one attached hydrogen (secondary N) is 1. The highest BCUT2D eigenvalue weighted by molar-refractivity contribution is 5.82. The van der Waals surface area contributed by atoms with E-state index in [0.29, 0.717) is 5.56 Å². The lowest BCUT2D eigenvalue weighted by atomic mass is 10.1. The van der Waals surface area contributed by atoms with Crippen molar-refractivity contribution in [3.8, 4) is 0 Å². The fourth-order valence-electron chi connectivity index (χ4n) is 0.977. The van der Waals surface area contributed by atoms with Crippen molar-refractivity contribution < 1.29 is 9.18 Å². The van der Waals surface area contributed by atoms with E-state index < -0.39 is 6.04 Å². The smallest absolute Gasteiger partial charge is 0.241 e. The summed E-state index contributed by atoms with van der Waals surface area (Å²) in [6, 6.07) is 4.81. The monoisotopic (exact) mass is 182 g/mol. The molecule has 0 unspecified atom stereocenters. The van der Waals surface area contributed by atoms with Crippen LogP contribution in [0.5, 0.6) is 0 Å². The third-order valence-electron chi connectivity index (χ3n) is 1.76. The van der Waals surface area contributed by atoms with Crippen LogP contribution in [0.25, 0.3) is 0 Å². The first-order chi connectivity index (χ1) is 6.15. The van der Waals surface area contributed by atoms with E-state index in [-0.39, 0.29) is 11.7 Å². The Kier molecular flexibility index (Phi) is 2.97. The Morgan fingerprint density at radius 3 is 2.46 bits per heavy atom. The molecule has 3 nitrogen and oxygen atoms in total. The second kappa shape index (κ2) is 4.00. The topological polar surface area (TPSA) is 55.1 Å². The Morgan fingerprint density at radius 1 is 1.46 bits per heavy atom. The third kappa shape index (κ3) is 2.26. The fraction of sp³-hybridized carbons (Fsp3) is 0.222. The van der Waals surface area contributed by atoms with Gasteiger partial charge in [0.2, 0.25) is 5.91 Å². The van der Waals surface area contributed by atoms with Gasteiger partial charge in [0.1, 0.15) is 11.9 Å². The molecule has 0 bridgehead atoms. The van der Waals surface area contributed by atoms with Crippen LogP contribution in [0.2, 0.25) is 0 Å². The number of carbonyl (C=O) groups is 1. The molecule has 1 atom stereocenters. The molecule has 70 valence electrons. The van der Waals surface area contributed by atoms with Crippen molar-refractivity contribution in [2.24, 2.45) is 5.73 Å². The Hall–Kier alpha value is -1.42. The normalized spacial score (nSPS) is 12.2. The number of hydrogen-bond donors (Lipinski definition) is 2. The van der Waals surface area contributed by atoms with Crippen molar-refractivity contribution in [3.05, 3.63) is 35.6 Å². The minimum Gasteiger partial charge on any atom is -0.358 e. The lowest BCUT2D eigenvalue weighted by Gasteiger charge is -2.09. The summed E-state index contributed by atoms with van der Waals surface area (Å²) in [5, 5.41) is 2.42. The van der Waals surface area contributed by atoms with E-state index in [1.54, 1.807) is 0 Å². The summed E-state index contributed by atoms with van der Waals surface area (Å²) in [5.74, 6) is -0.625. The van der Waals surface area contributed by atoms with E-state index in [2.05, 4.69) is 5.32 Å². The zero-order chi connectivity index (χ0) is 9.84. The maximum atomic E-state index is 12.5. The Bertz CT molecular complexity index is 297. The maximum Gasteiger partial charge on any atom is 0.241 e. The van der Waals surface area contributed by atoms with Gasteiger partial charge < -0.3 is 11.1 Å². The molecule has 0 aliphatic rings. The molecular formula is C9H11FN2O. The molecule has 0 spiro atoms. The molecule has 13 heavy (non-hydrogen) atoms. The second-order valence-electron chi connectivity index (χ2n) is 2.64. The summed E-state index contributed by atoms with van der Waals surface area (Å²) in [6.45, 7) is 0. The number of hydrogen-bond acceptors (Lipinski definition) is 2. The molecule has 0 aliphatic heterocycles. The SMILES string of the molecule is CNC(=O)[C@@H](N)c1ccc(F)cc1. The van der Waals surface area contributed by atoms with Gasteiger partial charge in [0.05, 0.1) is 0 Å². The number of benzene rings is 1. The van der Waals surface area contributed by atoms with Gasteiger partial charge in [-0.25, -0.2) is 4.39 Å². The van der Waals surface area contributed by atoms with Gasteiger partial charge in [0.15, 0.2) is 0 Å². The molecule has 0 aromatic heterocycles. The van der Waals surface area contributed by atoms with E-state index in [9.17, 15) is 9.18 Å². The third-order valence-corrected chi connectivity index (χ3v) is 1.76. The first kappa shape index (κ1) is 9.67. The summed E-state index contributed by atoms with van der Waals surface area (Å²) in [6.07, 6.45) is 0. The summed E-state index contributed by atoms with van der Waals surface area (Å²) < 4.78 is 12.5. The van der Waals surface area contributed by atoms with Crippen molar-refractivity contribution in [1.29, 1.82) is 0 Å². The number of amides is 1. The number of halogens is 1. The predicted octanol–water partition coefficient (Wildman–Crippen LogP) is 0.571. The van der Waals surface area contributed by atoms with E-state index in [1.165, 1.54) is 31.3 Å². The average molecular weight is 182 g/mol. The highest BCUT2D eigenvalue weighted by Crippen LogP contribution is 2.10. The molecule has 1 aromatic carbocycles. The lowest BCUT2D eigenvalue weighted by molar-refractivity contribution is -0.121. The summed E-state index contributed by atoms with van der Waals surface area (Å²) >= 11 is 0. The first-order valence-electron chi connectivity index (χ1n) is 3.88. The maximum absolute atomic E-state index is 12.5. The molecule has 0 aliphatic carbocycles. The van der Waals surface area contributed by atoms with Crippen molar-refractivity contribution in [3.63, 3.8) is 0 Å². The van der Waals surface area contributed by atoms with Crippen LogP contribution < -0.4 is 11.1 Å². The Balaban J connectivity index is 2.83. The molecular weight excluding hydrogens is 171 g/mol. The summed E-state index contributed by atoms with van der Waals surface area (Å²) in [4.78, 5) is 11.1. The van der Waals surface area contributed by atoms with Gasteiger partial charge in [0, 0.05) is 7.05 Å². The van der Waals surface area contributed by atoms with E-state index in [4.69, 9.17) is 5.73 Å². The largest absolute Gasteiger partial charge is 0.358 e. The predicted molar refractivity (Wildman–Crippen MR) is 47.4 cm³/mol. The molecule has 0 heterocycles. The zero-order valence-corrected chi connectivity index (χ0v) is 7.25. The highest BCUT2D eigenvalue weighted by Gasteiger charge is 2.13. The van der Waals surface area contributed by atoms with Crippen molar-refractivity contribution >= 4 is 5.91 Å². The molecule has 3 N–H and O–H groups in total. The van der Waals surface area contributed by atoms with Crippen LogP contribution in [0.15, 0.2) is 24.3 Å². The van der Waals surface area contributed by atoms with Gasteiger partial charge in [0.25, 0.3) is 0 Å². The molecule has 4 heteroatoms. The lowest BCUT2D eigenvalue weighted by Crippen LogP contribution is -2.31. The van der Waals surface area contributed by atoms with Gasteiger partial charge in [-0.2, -0.15) is 0 Å². The summed E-state index contributed by atoms with van der Waals surface area (Å²) in [5.41, 5.74) is 6.16. The molecule has 1 amide bonds. The van der Waals surface area contributed by atoms with Crippen LogP contribution in [-0.2, 0) is 4.79 Å². The average Bonchev–Trinajstić information content (AvgIpc) is 2.17. The van der Waals surface area contributed by atoms with Crippen LogP contribution in [0.4, 0.5) is 4.39 Å². The van der Waals surface area contributed by atoms with Crippen molar-refractivity contribution in [2.45, 2.75) is 6.04 Å². The molecule has 0 saturated carbocycles. The van der Waals surface area contributed by atoms with Crippen LogP contribution >= 0.6 is 0 Å². The summed E-state index contributed by atoms with van der Waals surface area (Å²) in [7, 11) is 1.51. The standard InChI is InChI=1S/C9H11FN2O/c1-12-9(13)8(11)6-2-4-7(10)5-3-6/h2-5,8H,11H2,1H3,(H,12,13)/t8-/m0/s1. The van der Waals surface area contributed by atoms with Crippen LogP contribution in [0.3, 0.4) is 0 Å². The molecule has 0 radical (unpaired) electrons.